The van der Waals surface area contributed by atoms with Crippen LogP contribution in [0.2, 0.25) is 0 Å². The third kappa shape index (κ3) is 4.30. The Hall–Kier alpha value is -1.92. The van der Waals surface area contributed by atoms with Crippen molar-refractivity contribution in [1.29, 1.82) is 0 Å². The van der Waals surface area contributed by atoms with Crippen molar-refractivity contribution in [2.24, 2.45) is 5.92 Å². The molecule has 1 heterocycles. The smallest absolute Gasteiger partial charge is 0.269 e. The minimum atomic E-state index is -0.136. The number of rotatable bonds is 8. The monoisotopic (exact) mass is 331 g/mol. The van der Waals surface area contributed by atoms with Crippen LogP contribution in [0.3, 0.4) is 0 Å². The first-order valence-electron chi connectivity index (χ1n) is 7.97. The maximum Gasteiger partial charge on any atom is 0.269 e. The van der Waals surface area contributed by atoms with Gasteiger partial charge in [-0.15, -0.1) is 0 Å². The molecule has 1 aromatic carbocycles. The van der Waals surface area contributed by atoms with Gasteiger partial charge in [-0.25, -0.2) is 0 Å². The van der Waals surface area contributed by atoms with Crippen molar-refractivity contribution in [3.05, 3.63) is 47.0 Å². The van der Waals surface area contributed by atoms with Crippen LogP contribution in [0.25, 0.3) is 5.69 Å². The van der Waals surface area contributed by atoms with Gasteiger partial charge in [0.15, 0.2) is 4.77 Å². The summed E-state index contributed by atoms with van der Waals surface area (Å²) in [5.74, 6) is 0.642. The normalized spacial score (nSPS) is 13.9. The lowest BCUT2D eigenvalue weighted by Gasteiger charge is -2.09. The van der Waals surface area contributed by atoms with E-state index in [1.165, 1.54) is 12.8 Å². The summed E-state index contributed by atoms with van der Waals surface area (Å²) in [5, 5.41) is 2.92. The second-order valence-electron chi connectivity index (χ2n) is 5.78. The molecule has 23 heavy (non-hydrogen) atoms. The average Bonchev–Trinajstić information content (AvgIpc) is 3.31. The molecule has 2 aromatic rings. The van der Waals surface area contributed by atoms with Crippen LogP contribution in [0.15, 0.2) is 36.5 Å². The molecule has 122 valence electrons. The molecular formula is C17H21N3O2S. The van der Waals surface area contributed by atoms with E-state index in [4.69, 9.17) is 17.0 Å². The molecule has 3 rings (SSSR count). The van der Waals surface area contributed by atoms with Gasteiger partial charge in [-0.3, -0.25) is 9.36 Å². The lowest BCUT2D eigenvalue weighted by atomic mass is 10.3. The molecule has 6 heteroatoms. The van der Waals surface area contributed by atoms with Crippen LogP contribution in [0.5, 0.6) is 0 Å². The van der Waals surface area contributed by atoms with Crippen LogP contribution >= 0.6 is 12.2 Å². The van der Waals surface area contributed by atoms with Gasteiger partial charge in [0.1, 0.15) is 5.69 Å². The number of H-pyrrole nitrogens is 1. The summed E-state index contributed by atoms with van der Waals surface area (Å²) in [6, 6.07) is 9.62. The molecule has 0 spiro atoms. The van der Waals surface area contributed by atoms with Crippen molar-refractivity contribution < 1.29 is 9.53 Å². The maximum atomic E-state index is 12.4. The Morgan fingerprint density at radius 1 is 1.35 bits per heavy atom. The number of para-hydroxylation sites is 1. The molecule has 1 aliphatic rings. The SMILES string of the molecule is O=C(NCCCOCC1CC1)c1c[nH]c(=S)n1-c1ccccc1. The third-order valence-electron chi connectivity index (χ3n) is 3.82. The number of imidazole rings is 1. The minimum absolute atomic E-state index is 0.136. The molecule has 1 fully saturated rings. The Labute approximate surface area is 140 Å². The fraction of sp³-hybridized carbons (Fsp3) is 0.412. The van der Waals surface area contributed by atoms with E-state index in [2.05, 4.69) is 10.3 Å². The molecule has 0 atom stereocenters. The highest BCUT2D eigenvalue weighted by Gasteiger charge is 2.20. The molecule has 0 radical (unpaired) electrons. The molecule has 0 unspecified atom stereocenters. The van der Waals surface area contributed by atoms with E-state index in [1.54, 1.807) is 10.8 Å². The van der Waals surface area contributed by atoms with Gasteiger partial charge in [-0.2, -0.15) is 0 Å². The molecule has 2 N–H and O–H groups in total. The number of ether oxygens (including phenoxy) is 1. The third-order valence-corrected chi connectivity index (χ3v) is 4.13. The number of aromatic nitrogens is 2. The maximum absolute atomic E-state index is 12.4. The zero-order chi connectivity index (χ0) is 16.1. The van der Waals surface area contributed by atoms with Crippen LogP contribution in [0, 0.1) is 10.7 Å². The van der Waals surface area contributed by atoms with Gasteiger partial charge in [-0.1, -0.05) is 18.2 Å². The van der Waals surface area contributed by atoms with Gasteiger partial charge >= 0.3 is 0 Å². The number of nitrogens with one attached hydrogen (secondary N) is 2. The first kappa shape index (κ1) is 16.0. The summed E-state index contributed by atoms with van der Waals surface area (Å²) in [4.78, 5) is 15.3. The Bertz CT molecular complexity index is 704. The van der Waals surface area contributed by atoms with Crippen molar-refractivity contribution in [3.63, 3.8) is 0 Å². The number of hydrogen-bond acceptors (Lipinski definition) is 3. The van der Waals surface area contributed by atoms with Gasteiger partial charge < -0.3 is 15.0 Å². The van der Waals surface area contributed by atoms with E-state index in [1.807, 2.05) is 30.3 Å². The molecule has 1 aliphatic carbocycles. The van der Waals surface area contributed by atoms with E-state index >= 15 is 0 Å². The summed E-state index contributed by atoms with van der Waals surface area (Å²) < 4.78 is 7.82. The molecule has 0 bridgehead atoms. The van der Waals surface area contributed by atoms with Crippen molar-refractivity contribution in [2.75, 3.05) is 19.8 Å². The minimum Gasteiger partial charge on any atom is -0.381 e. The summed E-state index contributed by atoms with van der Waals surface area (Å²) >= 11 is 5.28. The zero-order valence-electron chi connectivity index (χ0n) is 13.0. The molecule has 1 aromatic heterocycles. The van der Waals surface area contributed by atoms with Crippen LogP contribution < -0.4 is 5.32 Å². The first-order chi connectivity index (χ1) is 11.3. The van der Waals surface area contributed by atoms with Crippen LogP contribution in [-0.2, 0) is 4.74 Å². The summed E-state index contributed by atoms with van der Waals surface area (Å²) in [6.07, 6.45) is 5.06. The van der Waals surface area contributed by atoms with Gasteiger partial charge in [0, 0.05) is 31.6 Å². The van der Waals surface area contributed by atoms with E-state index in [9.17, 15) is 4.79 Å². The molecule has 1 saturated carbocycles. The Kier molecular flexibility index (Phi) is 5.25. The van der Waals surface area contributed by atoms with Crippen molar-refractivity contribution in [3.8, 4) is 5.69 Å². The highest BCUT2D eigenvalue weighted by Crippen LogP contribution is 2.28. The van der Waals surface area contributed by atoms with Crippen molar-refractivity contribution >= 4 is 18.1 Å². The number of aromatic amines is 1. The highest BCUT2D eigenvalue weighted by atomic mass is 32.1. The largest absolute Gasteiger partial charge is 0.381 e. The molecule has 5 nitrogen and oxygen atoms in total. The van der Waals surface area contributed by atoms with E-state index in [-0.39, 0.29) is 5.91 Å². The Balaban J connectivity index is 1.54. The fourth-order valence-electron chi connectivity index (χ4n) is 2.37. The van der Waals surface area contributed by atoms with Crippen LogP contribution in [-0.4, -0.2) is 35.2 Å². The number of carbonyl (C=O) groups excluding carboxylic acids is 1. The number of hydrogen-bond donors (Lipinski definition) is 2. The van der Waals surface area contributed by atoms with E-state index in [0.29, 0.717) is 23.6 Å². The second kappa shape index (κ2) is 7.57. The molecule has 1 amide bonds. The number of nitrogens with zero attached hydrogens (tertiary/aromatic N) is 1. The predicted octanol–water partition coefficient (Wildman–Crippen LogP) is 3.08. The highest BCUT2D eigenvalue weighted by molar-refractivity contribution is 7.71. The van der Waals surface area contributed by atoms with Gasteiger partial charge in [-0.05, 0) is 49.5 Å². The van der Waals surface area contributed by atoms with Crippen LogP contribution in [0.1, 0.15) is 29.8 Å². The summed E-state index contributed by atoms with van der Waals surface area (Å²) in [5.41, 5.74) is 1.39. The topological polar surface area (TPSA) is 59.0 Å². The standard InChI is InChI=1S/C17H21N3O2S/c21-16(18-9-4-10-22-12-13-7-8-13)15-11-19-17(23)20(15)14-5-2-1-3-6-14/h1-3,5-6,11,13H,4,7-10,12H2,(H,18,21)(H,19,23). The molecule has 0 saturated heterocycles. The lowest BCUT2D eigenvalue weighted by Crippen LogP contribution is -2.27. The number of amides is 1. The first-order valence-corrected chi connectivity index (χ1v) is 8.38. The Morgan fingerprint density at radius 2 is 2.13 bits per heavy atom. The average molecular weight is 331 g/mol. The lowest BCUT2D eigenvalue weighted by molar-refractivity contribution is 0.0930. The van der Waals surface area contributed by atoms with Gasteiger partial charge in [0.2, 0.25) is 0 Å². The molecular weight excluding hydrogens is 310 g/mol. The zero-order valence-corrected chi connectivity index (χ0v) is 13.8. The Morgan fingerprint density at radius 3 is 2.87 bits per heavy atom. The predicted molar refractivity (Wildman–Crippen MR) is 91.4 cm³/mol. The van der Waals surface area contributed by atoms with Crippen LogP contribution in [0.4, 0.5) is 0 Å². The van der Waals surface area contributed by atoms with Gasteiger partial charge in [0.25, 0.3) is 5.91 Å². The number of carbonyl (C=O) groups is 1. The summed E-state index contributed by atoms with van der Waals surface area (Å²) in [7, 11) is 0. The van der Waals surface area contributed by atoms with E-state index < -0.39 is 0 Å². The second-order valence-corrected chi connectivity index (χ2v) is 6.16. The quantitative estimate of drug-likeness (QED) is 0.577. The molecule has 0 aliphatic heterocycles. The van der Waals surface area contributed by atoms with Gasteiger partial charge in [0.05, 0.1) is 0 Å². The fourth-order valence-corrected chi connectivity index (χ4v) is 2.63. The van der Waals surface area contributed by atoms with Crippen molar-refractivity contribution in [2.45, 2.75) is 19.3 Å². The number of benzene rings is 1. The van der Waals surface area contributed by atoms with Crippen molar-refractivity contribution in [1.82, 2.24) is 14.9 Å². The van der Waals surface area contributed by atoms with E-state index in [0.717, 1.165) is 24.6 Å². The summed E-state index contributed by atoms with van der Waals surface area (Å²) in [6.45, 7) is 2.14.